The molecule has 4 heterocycles. The molecule has 2 bridgehead atoms. The third-order valence-electron chi connectivity index (χ3n) is 6.72. The third-order valence-corrected chi connectivity index (χ3v) is 9.62. The van der Waals surface area contributed by atoms with Crippen molar-refractivity contribution in [1.82, 2.24) is 19.9 Å². The summed E-state index contributed by atoms with van der Waals surface area (Å²) < 4.78 is 31.3. The van der Waals surface area contributed by atoms with E-state index in [9.17, 15) is 4.79 Å². The molecule has 0 radical (unpaired) electrons. The molecule has 0 N–H and O–H groups in total. The van der Waals surface area contributed by atoms with Crippen molar-refractivity contribution < 1.29 is 27.5 Å². The molecular formula is C28H34N4O6Si. The molecule has 11 heteroatoms. The molecule has 0 amide bonds. The van der Waals surface area contributed by atoms with Crippen molar-refractivity contribution in [3.63, 3.8) is 0 Å². The van der Waals surface area contributed by atoms with E-state index in [2.05, 4.69) is 15.2 Å². The molecule has 0 aliphatic carbocycles. The summed E-state index contributed by atoms with van der Waals surface area (Å²) in [6.45, 7) is 5.77. The first-order valence-corrected chi connectivity index (χ1v) is 15.2. The van der Waals surface area contributed by atoms with E-state index in [1.54, 1.807) is 43.5 Å². The van der Waals surface area contributed by atoms with E-state index in [1.807, 2.05) is 35.1 Å². The molecule has 0 spiro atoms. The summed E-state index contributed by atoms with van der Waals surface area (Å²) in [5.74, 6) is 1.27. The molecule has 206 valence electrons. The van der Waals surface area contributed by atoms with E-state index in [0.29, 0.717) is 37.7 Å². The SMILES string of the molecule is COc1ccccc1/C=C/C(=O)c1ccc(OCc2cn(CCC[Si]34OCCN(CCO3)CCO4)nn2)cc1. The molecule has 3 aromatic rings. The average molecular weight is 551 g/mol. The van der Waals surface area contributed by atoms with E-state index in [-0.39, 0.29) is 12.4 Å². The van der Waals surface area contributed by atoms with E-state index in [1.165, 1.54) is 0 Å². The molecule has 3 saturated heterocycles. The van der Waals surface area contributed by atoms with Gasteiger partial charge < -0.3 is 22.8 Å². The molecule has 1 aromatic heterocycles. The fourth-order valence-corrected chi connectivity index (χ4v) is 7.06. The largest absolute Gasteiger partial charge is 0.501 e. The molecule has 3 aliphatic heterocycles. The number of fused-ring (bicyclic) bond motifs is 6. The zero-order chi connectivity index (χ0) is 26.9. The molecule has 6 rings (SSSR count). The number of carbonyl (C=O) groups excluding carboxylic acids is 1. The fraction of sp³-hybridized carbons (Fsp3) is 0.393. The summed E-state index contributed by atoms with van der Waals surface area (Å²) in [4.78, 5) is 14.9. The second kappa shape index (κ2) is 13.1. The maximum absolute atomic E-state index is 12.6. The lowest BCUT2D eigenvalue weighted by Crippen LogP contribution is -2.55. The van der Waals surface area contributed by atoms with E-state index >= 15 is 0 Å². The van der Waals surface area contributed by atoms with Crippen LogP contribution in [0.1, 0.15) is 28.0 Å². The van der Waals surface area contributed by atoms with Gasteiger partial charge in [-0.2, -0.15) is 0 Å². The highest BCUT2D eigenvalue weighted by molar-refractivity contribution is 6.60. The summed E-state index contributed by atoms with van der Waals surface area (Å²) in [5, 5.41) is 8.45. The summed E-state index contributed by atoms with van der Waals surface area (Å²) >= 11 is 0. The lowest BCUT2D eigenvalue weighted by Gasteiger charge is -2.38. The Morgan fingerprint density at radius 1 is 1.03 bits per heavy atom. The smallest absolute Gasteiger partial charge is 0.496 e. The van der Waals surface area contributed by atoms with Gasteiger partial charge in [-0.3, -0.25) is 14.4 Å². The molecule has 3 fully saturated rings. The maximum Gasteiger partial charge on any atom is 0.501 e. The number of hydrogen-bond acceptors (Lipinski definition) is 9. The zero-order valence-electron chi connectivity index (χ0n) is 22.2. The predicted molar refractivity (Wildman–Crippen MR) is 147 cm³/mol. The number of benzene rings is 2. The Morgan fingerprint density at radius 2 is 1.74 bits per heavy atom. The first kappa shape index (κ1) is 27.2. The minimum Gasteiger partial charge on any atom is -0.496 e. The molecular weight excluding hydrogens is 516 g/mol. The zero-order valence-corrected chi connectivity index (χ0v) is 23.2. The van der Waals surface area contributed by atoms with Crippen molar-refractivity contribution >= 4 is 20.7 Å². The number of ketones is 1. The molecule has 0 unspecified atom stereocenters. The molecule has 2 aromatic carbocycles. The number of nitrogens with zero attached hydrogens (tertiary/aromatic N) is 4. The van der Waals surface area contributed by atoms with Gasteiger partial charge in [0.1, 0.15) is 23.8 Å². The van der Waals surface area contributed by atoms with Crippen LogP contribution in [0.15, 0.2) is 60.8 Å². The van der Waals surface area contributed by atoms with Crippen LogP contribution in [0.5, 0.6) is 11.5 Å². The Hall–Kier alpha value is -3.35. The second-order valence-electron chi connectivity index (χ2n) is 9.40. The number of methoxy groups -OCH3 is 1. The van der Waals surface area contributed by atoms with E-state index in [4.69, 9.17) is 22.8 Å². The number of ether oxygens (including phenoxy) is 2. The summed E-state index contributed by atoms with van der Waals surface area (Å²) in [6, 6.07) is 15.4. The van der Waals surface area contributed by atoms with Gasteiger partial charge in [-0.15, -0.1) is 5.10 Å². The van der Waals surface area contributed by atoms with Crippen LogP contribution in [0, 0.1) is 0 Å². The first-order valence-electron chi connectivity index (χ1n) is 13.2. The van der Waals surface area contributed by atoms with Crippen LogP contribution in [-0.4, -0.2) is 81.0 Å². The van der Waals surface area contributed by atoms with Crippen LogP contribution < -0.4 is 9.47 Å². The van der Waals surface area contributed by atoms with Crippen molar-refractivity contribution in [3.8, 4) is 11.5 Å². The Labute approximate surface area is 229 Å². The van der Waals surface area contributed by atoms with Crippen LogP contribution in [0.25, 0.3) is 6.08 Å². The Balaban J connectivity index is 1.08. The van der Waals surface area contributed by atoms with Gasteiger partial charge >= 0.3 is 8.80 Å². The van der Waals surface area contributed by atoms with Crippen LogP contribution in [0.2, 0.25) is 6.04 Å². The Bertz CT molecular complexity index is 1240. The summed E-state index contributed by atoms with van der Waals surface area (Å²) in [6.07, 6.45) is 6.02. The fourth-order valence-electron chi connectivity index (χ4n) is 4.58. The Kier molecular flexibility index (Phi) is 9.17. The van der Waals surface area contributed by atoms with Crippen LogP contribution in [0.3, 0.4) is 0 Å². The predicted octanol–water partition coefficient (Wildman–Crippen LogP) is 3.47. The molecule has 3 aliphatic rings. The van der Waals surface area contributed by atoms with Gasteiger partial charge in [0.05, 0.1) is 33.1 Å². The summed E-state index contributed by atoms with van der Waals surface area (Å²) in [7, 11) is -1.01. The quantitative estimate of drug-likeness (QED) is 0.202. The van der Waals surface area contributed by atoms with Crippen molar-refractivity contribution in [2.75, 3.05) is 46.6 Å². The van der Waals surface area contributed by atoms with Crippen LogP contribution in [-0.2, 0) is 26.4 Å². The van der Waals surface area contributed by atoms with E-state index < -0.39 is 8.80 Å². The van der Waals surface area contributed by atoms with Gasteiger partial charge in [-0.05, 0) is 48.9 Å². The molecule has 39 heavy (non-hydrogen) atoms. The average Bonchev–Trinajstić information content (AvgIpc) is 3.39. The van der Waals surface area contributed by atoms with Crippen LogP contribution >= 0.6 is 0 Å². The number of rotatable bonds is 11. The first-order chi connectivity index (χ1) is 19.1. The second-order valence-corrected chi connectivity index (χ2v) is 12.1. The summed E-state index contributed by atoms with van der Waals surface area (Å²) in [5.41, 5.74) is 2.15. The number of para-hydroxylation sites is 1. The van der Waals surface area contributed by atoms with Crippen molar-refractivity contribution in [2.45, 2.75) is 25.6 Å². The van der Waals surface area contributed by atoms with Crippen molar-refractivity contribution in [1.29, 1.82) is 0 Å². The maximum atomic E-state index is 12.6. The highest BCUT2D eigenvalue weighted by atomic mass is 28.4. The molecule has 10 nitrogen and oxygen atoms in total. The monoisotopic (exact) mass is 550 g/mol. The number of aryl methyl sites for hydroxylation is 1. The topological polar surface area (TPSA) is 97.2 Å². The lowest BCUT2D eigenvalue weighted by atomic mass is 10.1. The normalized spacial score (nSPS) is 21.3. The van der Waals surface area contributed by atoms with Gasteiger partial charge in [0.2, 0.25) is 0 Å². The van der Waals surface area contributed by atoms with Gasteiger partial charge in [0.25, 0.3) is 0 Å². The number of hydrogen-bond donors (Lipinski definition) is 0. The van der Waals surface area contributed by atoms with Gasteiger partial charge in [-0.1, -0.05) is 23.4 Å². The molecule has 0 atom stereocenters. The highest BCUT2D eigenvalue weighted by Gasteiger charge is 2.43. The minimum atomic E-state index is -2.62. The minimum absolute atomic E-state index is 0.0972. The van der Waals surface area contributed by atoms with E-state index in [0.717, 1.165) is 49.1 Å². The number of allylic oxidation sites excluding steroid dienone is 1. The highest BCUT2D eigenvalue weighted by Crippen LogP contribution is 2.23. The van der Waals surface area contributed by atoms with Gasteiger partial charge in [-0.25, -0.2) is 0 Å². The van der Waals surface area contributed by atoms with Crippen LogP contribution in [0.4, 0.5) is 0 Å². The van der Waals surface area contributed by atoms with Gasteiger partial charge in [0.15, 0.2) is 5.78 Å². The Morgan fingerprint density at radius 3 is 2.46 bits per heavy atom. The standard InChI is InChI=1S/C28H34N4O6Si/c1-34-28-6-3-2-5-24(28)9-12-27(33)23-7-10-26(11-8-23)35-22-25-21-32(30-29-25)13-4-20-39-36-17-14-31(15-18-37-39)16-19-38-39/h2-3,5-12,21H,4,13-20,22H2,1H3/b12-9+. The van der Waals surface area contributed by atoms with Crippen molar-refractivity contribution in [3.05, 3.63) is 77.6 Å². The third kappa shape index (κ3) is 7.40. The number of aromatic nitrogens is 3. The van der Waals surface area contributed by atoms with Crippen molar-refractivity contribution in [2.24, 2.45) is 0 Å². The van der Waals surface area contributed by atoms with Gasteiger partial charge in [0, 0.05) is 43.4 Å². The number of carbonyl (C=O) groups is 1. The molecule has 0 saturated carbocycles. The lowest BCUT2D eigenvalue weighted by molar-refractivity contribution is -0.00869.